The molecule has 0 aromatic heterocycles. The lowest BCUT2D eigenvalue weighted by atomic mass is 9.96. The predicted molar refractivity (Wildman–Crippen MR) is 149 cm³/mol. The molecule has 2 aromatic carbocycles. The van der Waals surface area contributed by atoms with Crippen LogP contribution in [0.15, 0.2) is 58.3 Å². The van der Waals surface area contributed by atoms with Gasteiger partial charge in [0, 0.05) is 28.1 Å². The third-order valence-corrected chi connectivity index (χ3v) is 7.56. The second kappa shape index (κ2) is 15.6. The number of amides is 2. The highest BCUT2D eigenvalue weighted by atomic mass is 32.2. The molecule has 2 aromatic rings. The number of ether oxygens (including phenoxy) is 1. The van der Waals surface area contributed by atoms with E-state index in [1.807, 2.05) is 48.2 Å². The van der Waals surface area contributed by atoms with E-state index in [0.717, 1.165) is 53.3 Å². The summed E-state index contributed by atoms with van der Waals surface area (Å²) in [5, 5.41) is 3.31. The minimum atomic E-state index is -0.208. The molecule has 6 heteroatoms. The molecule has 0 bridgehead atoms. The Morgan fingerprint density at radius 1 is 0.944 bits per heavy atom. The van der Waals surface area contributed by atoms with Crippen LogP contribution >= 0.6 is 11.8 Å². The van der Waals surface area contributed by atoms with Gasteiger partial charge in [0.25, 0.3) is 0 Å². The first-order chi connectivity index (χ1) is 17.6. The highest BCUT2D eigenvalue weighted by Gasteiger charge is 2.21. The van der Waals surface area contributed by atoms with Gasteiger partial charge in [0.05, 0.1) is 13.0 Å². The van der Waals surface area contributed by atoms with Gasteiger partial charge in [-0.05, 0) is 62.1 Å². The molecular weight excluding hydrogens is 468 g/mol. The van der Waals surface area contributed by atoms with Crippen LogP contribution in [0.5, 0.6) is 0 Å². The van der Waals surface area contributed by atoms with Crippen LogP contribution in [-0.2, 0) is 16.0 Å². The molecule has 0 radical (unpaired) electrons. The molecule has 1 N–H and O–H groups in total. The third kappa shape index (κ3) is 9.53. The normalized spacial score (nSPS) is 13.8. The van der Waals surface area contributed by atoms with Gasteiger partial charge in [-0.3, -0.25) is 9.69 Å². The molecule has 0 heterocycles. The summed E-state index contributed by atoms with van der Waals surface area (Å²) in [6.07, 6.45) is 11.9. The van der Waals surface area contributed by atoms with Crippen molar-refractivity contribution in [1.82, 2.24) is 5.32 Å². The Kier molecular flexibility index (Phi) is 12.2. The van der Waals surface area contributed by atoms with E-state index in [4.69, 9.17) is 4.74 Å². The summed E-state index contributed by atoms with van der Waals surface area (Å²) in [6.45, 7) is 5.16. The molecule has 0 saturated heterocycles. The van der Waals surface area contributed by atoms with Gasteiger partial charge < -0.3 is 10.1 Å². The summed E-state index contributed by atoms with van der Waals surface area (Å²) >= 11 is 1.65. The zero-order chi connectivity index (χ0) is 25.6. The predicted octanol–water partition coefficient (Wildman–Crippen LogP) is 7.76. The topological polar surface area (TPSA) is 58.6 Å². The molecule has 1 aliphatic carbocycles. The zero-order valence-corrected chi connectivity index (χ0v) is 22.8. The minimum Gasteiger partial charge on any atom is -0.466 e. The van der Waals surface area contributed by atoms with Crippen LogP contribution < -0.4 is 10.2 Å². The second-order valence-corrected chi connectivity index (χ2v) is 10.7. The highest BCUT2D eigenvalue weighted by Crippen LogP contribution is 2.31. The van der Waals surface area contributed by atoms with Gasteiger partial charge in [0.1, 0.15) is 0 Å². The third-order valence-electron chi connectivity index (χ3n) is 6.58. The number of nitrogens with one attached hydrogen (secondary N) is 1. The molecule has 1 fully saturated rings. The lowest BCUT2D eigenvalue weighted by Crippen LogP contribution is -2.46. The van der Waals surface area contributed by atoms with Crippen LogP contribution in [0.2, 0.25) is 0 Å². The van der Waals surface area contributed by atoms with Crippen LogP contribution in [0, 0.1) is 0 Å². The summed E-state index contributed by atoms with van der Waals surface area (Å²) in [5.74, 6) is -0.208. The Labute approximate surface area is 221 Å². The van der Waals surface area contributed by atoms with Gasteiger partial charge in [-0.1, -0.05) is 81.8 Å². The number of hydrogen-bond donors (Lipinski definition) is 1. The van der Waals surface area contributed by atoms with Crippen molar-refractivity contribution in [3.8, 4) is 0 Å². The molecule has 1 saturated carbocycles. The zero-order valence-electron chi connectivity index (χ0n) is 22.0. The van der Waals surface area contributed by atoms with Crippen LogP contribution in [0.4, 0.5) is 10.5 Å². The summed E-state index contributed by atoms with van der Waals surface area (Å²) < 4.78 is 5.09. The lowest BCUT2D eigenvalue weighted by molar-refractivity contribution is -0.142. The number of anilines is 1. The molecule has 0 spiro atoms. The number of carbonyl (C=O) groups excluding carboxylic acids is 2. The Morgan fingerprint density at radius 3 is 2.42 bits per heavy atom. The van der Waals surface area contributed by atoms with Crippen LogP contribution in [0.25, 0.3) is 0 Å². The monoisotopic (exact) mass is 510 g/mol. The number of carbonyl (C=O) groups is 2. The summed E-state index contributed by atoms with van der Waals surface area (Å²) in [6, 6.07) is 16.6. The van der Waals surface area contributed by atoms with Crippen LogP contribution in [0.3, 0.4) is 0 Å². The van der Waals surface area contributed by atoms with Gasteiger partial charge in [0.2, 0.25) is 0 Å². The van der Waals surface area contributed by atoms with E-state index in [-0.39, 0.29) is 24.5 Å². The molecule has 3 rings (SSSR count). The fraction of sp³-hybridized carbons (Fsp3) is 0.533. The smallest absolute Gasteiger partial charge is 0.322 e. The van der Waals surface area contributed by atoms with Crippen molar-refractivity contribution in [2.75, 3.05) is 18.1 Å². The number of esters is 1. The molecule has 36 heavy (non-hydrogen) atoms. The quantitative estimate of drug-likeness (QED) is 0.221. The molecular formula is C30H42N2O3S. The molecule has 5 nitrogen and oxygen atoms in total. The largest absolute Gasteiger partial charge is 0.466 e. The number of unbranched alkanes of at least 4 members (excludes halogenated alkanes) is 4. The average Bonchev–Trinajstić information content (AvgIpc) is 2.87. The molecule has 0 unspecified atom stereocenters. The Bertz CT molecular complexity index is 959. The van der Waals surface area contributed by atoms with Crippen LogP contribution in [-0.4, -0.2) is 31.2 Å². The first-order valence-corrected chi connectivity index (χ1v) is 14.5. The van der Waals surface area contributed by atoms with Crippen molar-refractivity contribution in [3.05, 3.63) is 54.1 Å². The maximum atomic E-state index is 13.4. The summed E-state index contributed by atoms with van der Waals surface area (Å²) in [5.41, 5.74) is 1.88. The van der Waals surface area contributed by atoms with E-state index in [1.165, 1.54) is 38.5 Å². The number of rotatable bonds is 13. The summed E-state index contributed by atoms with van der Waals surface area (Å²) in [7, 11) is 0. The fourth-order valence-corrected chi connectivity index (χ4v) is 5.62. The molecule has 0 atom stereocenters. The van der Waals surface area contributed by atoms with E-state index < -0.39 is 0 Å². The minimum absolute atomic E-state index is 0.0241. The van der Waals surface area contributed by atoms with Crippen molar-refractivity contribution in [3.63, 3.8) is 0 Å². The van der Waals surface area contributed by atoms with Gasteiger partial charge in [-0.2, -0.15) is 0 Å². The van der Waals surface area contributed by atoms with E-state index in [0.29, 0.717) is 6.61 Å². The van der Waals surface area contributed by atoms with Gasteiger partial charge in [-0.15, -0.1) is 0 Å². The van der Waals surface area contributed by atoms with Crippen molar-refractivity contribution in [2.24, 2.45) is 0 Å². The van der Waals surface area contributed by atoms with Crippen molar-refractivity contribution in [1.29, 1.82) is 0 Å². The Balaban J connectivity index is 1.70. The van der Waals surface area contributed by atoms with Crippen molar-refractivity contribution >= 4 is 29.4 Å². The van der Waals surface area contributed by atoms with Crippen LogP contribution in [0.1, 0.15) is 83.6 Å². The Hall–Kier alpha value is -2.47. The standard InChI is InChI=1S/C30H42N2O3S/c1-3-5-6-7-11-20-32(30(34)31-25-15-9-8-10-16-25)26-17-13-19-28(23-26)36-27-18-12-14-24(21-27)22-29(33)35-4-2/h12-14,17-19,21,23,25H,3-11,15-16,20,22H2,1-2H3,(H,31,34). The van der Waals surface area contributed by atoms with Gasteiger partial charge in [0.15, 0.2) is 0 Å². The lowest BCUT2D eigenvalue weighted by Gasteiger charge is -2.29. The number of urea groups is 1. The van der Waals surface area contributed by atoms with E-state index in [1.54, 1.807) is 11.8 Å². The second-order valence-electron chi connectivity index (χ2n) is 9.58. The number of benzene rings is 2. The first kappa shape index (κ1) is 28.1. The molecule has 1 aliphatic rings. The molecule has 2 amide bonds. The van der Waals surface area contributed by atoms with Gasteiger partial charge >= 0.3 is 12.0 Å². The highest BCUT2D eigenvalue weighted by molar-refractivity contribution is 7.99. The molecule has 196 valence electrons. The number of nitrogens with zero attached hydrogens (tertiary/aromatic N) is 1. The van der Waals surface area contributed by atoms with E-state index in [2.05, 4.69) is 24.4 Å². The fourth-order valence-electron chi connectivity index (χ4n) is 4.67. The summed E-state index contributed by atoms with van der Waals surface area (Å²) in [4.78, 5) is 29.3. The van der Waals surface area contributed by atoms with Crippen molar-refractivity contribution in [2.45, 2.75) is 100 Å². The van der Waals surface area contributed by atoms with Gasteiger partial charge in [-0.25, -0.2) is 4.79 Å². The maximum absolute atomic E-state index is 13.4. The maximum Gasteiger partial charge on any atom is 0.322 e. The SMILES string of the molecule is CCCCCCCN(C(=O)NC1CCCCC1)c1cccc(Sc2cccc(CC(=O)OCC)c2)c1. The van der Waals surface area contributed by atoms with E-state index in [9.17, 15) is 9.59 Å². The van der Waals surface area contributed by atoms with Crippen molar-refractivity contribution < 1.29 is 14.3 Å². The first-order valence-electron chi connectivity index (χ1n) is 13.7. The molecule has 0 aliphatic heterocycles. The van der Waals surface area contributed by atoms with E-state index >= 15 is 0 Å². The number of hydrogen-bond acceptors (Lipinski definition) is 4. The Morgan fingerprint density at radius 2 is 1.67 bits per heavy atom. The average molecular weight is 511 g/mol.